The van der Waals surface area contributed by atoms with Crippen LogP contribution in [0.25, 0.3) is 10.2 Å². The van der Waals surface area contributed by atoms with E-state index in [0.717, 1.165) is 15.2 Å². The molecule has 0 spiro atoms. The van der Waals surface area contributed by atoms with Gasteiger partial charge in [0, 0.05) is 11.9 Å². The van der Waals surface area contributed by atoms with E-state index in [1.54, 1.807) is 22.7 Å². The number of thiophene rings is 1. The number of aromatic nitrogens is 1. The van der Waals surface area contributed by atoms with E-state index in [1.807, 2.05) is 29.1 Å². The highest BCUT2D eigenvalue weighted by Crippen LogP contribution is 2.23. The van der Waals surface area contributed by atoms with Gasteiger partial charge in [0.25, 0.3) is 5.91 Å². The van der Waals surface area contributed by atoms with Gasteiger partial charge in [0.2, 0.25) is 0 Å². The van der Waals surface area contributed by atoms with Crippen LogP contribution in [0.3, 0.4) is 0 Å². The van der Waals surface area contributed by atoms with Gasteiger partial charge in [-0.25, -0.2) is 0 Å². The van der Waals surface area contributed by atoms with Crippen LogP contribution >= 0.6 is 22.7 Å². The van der Waals surface area contributed by atoms with E-state index in [0.29, 0.717) is 12.3 Å². The lowest BCUT2D eigenvalue weighted by atomic mass is 10.0. The SMILES string of the molecule is CC(C)c1ccc2c(c1)sc(=NC(=O)Cc1cccs1)n2C. The molecule has 1 amide bonds. The molecule has 0 bridgehead atoms. The van der Waals surface area contributed by atoms with E-state index in [4.69, 9.17) is 0 Å². The zero-order valence-corrected chi connectivity index (χ0v) is 14.5. The molecule has 0 fully saturated rings. The molecule has 1 aromatic carbocycles. The van der Waals surface area contributed by atoms with E-state index in [1.165, 1.54) is 10.3 Å². The van der Waals surface area contributed by atoms with Crippen LogP contribution in [-0.4, -0.2) is 10.5 Å². The molecular weight excluding hydrogens is 312 g/mol. The Kier molecular flexibility index (Phi) is 4.27. The smallest absolute Gasteiger partial charge is 0.253 e. The molecule has 0 saturated carbocycles. The van der Waals surface area contributed by atoms with E-state index in [9.17, 15) is 4.79 Å². The molecule has 0 aliphatic rings. The molecule has 3 aromatic rings. The van der Waals surface area contributed by atoms with E-state index in [2.05, 4.69) is 37.0 Å². The van der Waals surface area contributed by atoms with E-state index in [-0.39, 0.29) is 5.91 Å². The summed E-state index contributed by atoms with van der Waals surface area (Å²) in [4.78, 5) is 18.2. The molecular formula is C17H18N2OS2. The van der Waals surface area contributed by atoms with Crippen LogP contribution in [0, 0.1) is 0 Å². The Labute approximate surface area is 137 Å². The normalized spacial score (nSPS) is 12.5. The average Bonchev–Trinajstić information content (AvgIpc) is 3.08. The second-order valence-electron chi connectivity index (χ2n) is 5.59. The Morgan fingerprint density at radius 2 is 2.14 bits per heavy atom. The van der Waals surface area contributed by atoms with Crippen LogP contribution in [0.5, 0.6) is 0 Å². The molecule has 0 N–H and O–H groups in total. The first-order chi connectivity index (χ1) is 10.5. The molecule has 0 radical (unpaired) electrons. The number of carbonyl (C=O) groups is 1. The highest BCUT2D eigenvalue weighted by molar-refractivity contribution is 7.16. The Morgan fingerprint density at radius 3 is 2.82 bits per heavy atom. The quantitative estimate of drug-likeness (QED) is 0.712. The first kappa shape index (κ1) is 15.2. The summed E-state index contributed by atoms with van der Waals surface area (Å²) in [6, 6.07) is 10.4. The first-order valence-corrected chi connectivity index (χ1v) is 8.93. The highest BCUT2D eigenvalue weighted by Gasteiger charge is 2.08. The molecule has 0 unspecified atom stereocenters. The minimum atomic E-state index is -0.0892. The lowest BCUT2D eigenvalue weighted by Crippen LogP contribution is -2.13. The number of amides is 1. The van der Waals surface area contributed by atoms with Crippen LogP contribution in [0.15, 0.2) is 40.7 Å². The number of carbonyl (C=O) groups excluding carboxylic acids is 1. The minimum absolute atomic E-state index is 0.0892. The summed E-state index contributed by atoms with van der Waals surface area (Å²) in [6.45, 7) is 4.37. The second kappa shape index (κ2) is 6.18. The summed E-state index contributed by atoms with van der Waals surface area (Å²) in [5.41, 5.74) is 2.43. The van der Waals surface area contributed by atoms with Crippen LogP contribution in [-0.2, 0) is 18.3 Å². The van der Waals surface area contributed by atoms with Gasteiger partial charge in [-0.05, 0) is 35.1 Å². The number of thiazole rings is 1. The Bertz CT molecular complexity index is 870. The Hall–Kier alpha value is -1.72. The van der Waals surface area contributed by atoms with Gasteiger partial charge in [0.05, 0.1) is 16.6 Å². The Morgan fingerprint density at radius 1 is 1.32 bits per heavy atom. The third-order valence-electron chi connectivity index (χ3n) is 3.63. The highest BCUT2D eigenvalue weighted by atomic mass is 32.1. The summed E-state index contributed by atoms with van der Waals surface area (Å²) < 4.78 is 3.17. The summed E-state index contributed by atoms with van der Waals surface area (Å²) >= 11 is 3.17. The lowest BCUT2D eigenvalue weighted by molar-refractivity contribution is -0.117. The van der Waals surface area contributed by atoms with Crippen molar-refractivity contribution in [3.63, 3.8) is 0 Å². The van der Waals surface area contributed by atoms with Crippen molar-refractivity contribution < 1.29 is 4.79 Å². The molecule has 0 atom stereocenters. The zero-order chi connectivity index (χ0) is 15.7. The number of aryl methyl sites for hydroxylation is 1. The zero-order valence-electron chi connectivity index (χ0n) is 12.9. The standard InChI is InChI=1S/C17H18N2OS2/c1-11(2)12-6-7-14-15(9-12)22-17(19(14)3)18-16(20)10-13-5-4-8-21-13/h4-9,11H,10H2,1-3H3. The molecule has 22 heavy (non-hydrogen) atoms. The number of hydrogen-bond donors (Lipinski definition) is 0. The van der Waals surface area contributed by atoms with Gasteiger partial charge in [0.15, 0.2) is 4.80 Å². The molecule has 2 heterocycles. The molecule has 3 rings (SSSR count). The maximum atomic E-state index is 12.1. The van der Waals surface area contributed by atoms with Gasteiger partial charge in [0.1, 0.15) is 0 Å². The molecule has 0 aliphatic heterocycles. The number of hydrogen-bond acceptors (Lipinski definition) is 3. The predicted octanol–water partition coefficient (Wildman–Crippen LogP) is 4.09. The average molecular weight is 330 g/mol. The number of nitrogens with zero attached hydrogens (tertiary/aromatic N) is 2. The van der Waals surface area contributed by atoms with Crippen molar-refractivity contribution in [1.29, 1.82) is 0 Å². The fraction of sp³-hybridized carbons (Fsp3) is 0.294. The largest absolute Gasteiger partial charge is 0.319 e. The van der Waals surface area contributed by atoms with Crippen molar-refractivity contribution in [3.05, 3.63) is 51.0 Å². The van der Waals surface area contributed by atoms with Crippen molar-refractivity contribution >= 4 is 38.8 Å². The third kappa shape index (κ3) is 3.05. The molecule has 2 aromatic heterocycles. The Balaban J connectivity index is 1.98. The van der Waals surface area contributed by atoms with Crippen molar-refractivity contribution in [2.24, 2.45) is 12.0 Å². The number of fused-ring (bicyclic) bond motifs is 1. The molecule has 3 nitrogen and oxygen atoms in total. The van der Waals surface area contributed by atoms with E-state index >= 15 is 0 Å². The summed E-state index contributed by atoms with van der Waals surface area (Å²) in [5, 5.41) is 1.98. The number of benzene rings is 1. The van der Waals surface area contributed by atoms with Crippen molar-refractivity contribution in [3.8, 4) is 0 Å². The molecule has 114 valence electrons. The number of rotatable bonds is 3. The summed E-state index contributed by atoms with van der Waals surface area (Å²) in [6.07, 6.45) is 0.378. The van der Waals surface area contributed by atoms with Crippen LogP contribution in [0.4, 0.5) is 0 Å². The van der Waals surface area contributed by atoms with E-state index < -0.39 is 0 Å². The second-order valence-corrected chi connectivity index (χ2v) is 7.63. The van der Waals surface area contributed by atoms with Crippen molar-refractivity contribution in [2.45, 2.75) is 26.2 Å². The van der Waals surface area contributed by atoms with Crippen LogP contribution in [0.1, 0.15) is 30.2 Å². The van der Waals surface area contributed by atoms with Gasteiger partial charge >= 0.3 is 0 Å². The molecule has 5 heteroatoms. The van der Waals surface area contributed by atoms with Gasteiger partial charge in [-0.2, -0.15) is 4.99 Å². The predicted molar refractivity (Wildman–Crippen MR) is 93.5 cm³/mol. The maximum Gasteiger partial charge on any atom is 0.253 e. The van der Waals surface area contributed by atoms with Crippen LogP contribution in [0.2, 0.25) is 0 Å². The van der Waals surface area contributed by atoms with Gasteiger partial charge in [-0.1, -0.05) is 37.3 Å². The van der Waals surface area contributed by atoms with Crippen LogP contribution < -0.4 is 4.80 Å². The van der Waals surface area contributed by atoms with Gasteiger partial charge < -0.3 is 4.57 Å². The lowest BCUT2D eigenvalue weighted by Gasteiger charge is -2.04. The maximum absolute atomic E-state index is 12.1. The molecule has 0 saturated heterocycles. The molecule has 0 aliphatic carbocycles. The van der Waals surface area contributed by atoms with Crippen molar-refractivity contribution in [2.75, 3.05) is 0 Å². The fourth-order valence-corrected chi connectivity index (χ4v) is 4.10. The van der Waals surface area contributed by atoms with Gasteiger partial charge in [-0.3, -0.25) is 4.79 Å². The van der Waals surface area contributed by atoms with Gasteiger partial charge in [-0.15, -0.1) is 11.3 Å². The minimum Gasteiger partial charge on any atom is -0.319 e. The summed E-state index contributed by atoms with van der Waals surface area (Å²) in [5.74, 6) is 0.409. The summed E-state index contributed by atoms with van der Waals surface area (Å²) in [7, 11) is 1.96. The van der Waals surface area contributed by atoms with Crippen molar-refractivity contribution in [1.82, 2.24) is 4.57 Å². The third-order valence-corrected chi connectivity index (χ3v) is 5.60. The fourth-order valence-electron chi connectivity index (χ4n) is 2.32. The first-order valence-electron chi connectivity index (χ1n) is 7.24. The monoisotopic (exact) mass is 330 g/mol. The topological polar surface area (TPSA) is 34.4 Å².